The van der Waals surface area contributed by atoms with Crippen LogP contribution in [0.2, 0.25) is 0 Å². The predicted octanol–water partition coefficient (Wildman–Crippen LogP) is 5.76. The lowest BCUT2D eigenvalue weighted by atomic mass is 9.76. The summed E-state index contributed by atoms with van der Waals surface area (Å²) in [5.41, 5.74) is 1.24. The molecule has 2 unspecified atom stereocenters. The number of piperidine rings is 1. The first-order valence-corrected chi connectivity index (χ1v) is 11.8. The third kappa shape index (κ3) is 4.25. The van der Waals surface area contributed by atoms with E-state index in [4.69, 9.17) is 14.2 Å². The number of halogens is 1. The van der Waals surface area contributed by atoms with E-state index in [1.165, 1.54) is 44.2 Å². The van der Waals surface area contributed by atoms with Crippen LogP contribution in [0.3, 0.4) is 0 Å². The number of unbranched alkanes of at least 4 members (excludes halogenated alkanes) is 2. The van der Waals surface area contributed by atoms with Gasteiger partial charge in [-0.2, -0.15) is 0 Å². The molecule has 4 nitrogen and oxygen atoms in total. The summed E-state index contributed by atoms with van der Waals surface area (Å²) < 4.78 is 30.8. The highest BCUT2D eigenvalue weighted by atomic mass is 19.1. The minimum atomic E-state index is -0.170. The monoisotopic (exact) mass is 425 g/mol. The molecule has 0 N–H and O–H groups in total. The summed E-state index contributed by atoms with van der Waals surface area (Å²) >= 11 is 0. The molecule has 0 saturated carbocycles. The van der Waals surface area contributed by atoms with E-state index in [1.807, 2.05) is 30.3 Å². The zero-order chi connectivity index (χ0) is 21.2. The molecule has 3 aliphatic rings. The number of hydrogen-bond acceptors (Lipinski definition) is 4. The number of benzene rings is 2. The van der Waals surface area contributed by atoms with E-state index in [2.05, 4.69) is 11.8 Å². The third-order valence-electron chi connectivity index (χ3n) is 7.33. The number of nitrogens with zero attached hydrogens (tertiary/aromatic N) is 1. The predicted molar refractivity (Wildman–Crippen MR) is 118 cm³/mol. The van der Waals surface area contributed by atoms with Gasteiger partial charge in [0, 0.05) is 24.1 Å². The van der Waals surface area contributed by atoms with E-state index < -0.39 is 0 Å². The molecule has 2 bridgehead atoms. The van der Waals surface area contributed by atoms with Gasteiger partial charge in [0.25, 0.3) is 0 Å². The van der Waals surface area contributed by atoms with Gasteiger partial charge < -0.3 is 14.2 Å². The standard InChI is InChI=1S/C26H32FNO3/c1-2-3-4-13-28-20-9-11-24(28)23(22(14-20)18-5-7-19(27)8-6-18)16-29-21-10-12-25-26(15-21)31-17-30-25/h5-8,10,12,15,20,22-24H,2-4,9,11,13-14,16-17H2,1H3/t20?,22-,23-,24?/m1/s1. The Hall–Kier alpha value is -2.27. The van der Waals surface area contributed by atoms with Crippen molar-refractivity contribution in [3.8, 4) is 17.2 Å². The molecule has 4 atom stereocenters. The molecule has 2 aromatic rings. The fourth-order valence-electron chi connectivity index (χ4n) is 5.79. The molecular formula is C26H32FNO3. The SMILES string of the molecule is CCCCCN1C2CCC1[C@H](COc1ccc3c(c1)OCO3)[C@@H](c1ccc(F)cc1)C2. The molecule has 2 aromatic carbocycles. The van der Waals surface area contributed by atoms with Crippen molar-refractivity contribution in [2.24, 2.45) is 5.92 Å². The van der Waals surface area contributed by atoms with Crippen LogP contribution in [0.1, 0.15) is 56.9 Å². The van der Waals surface area contributed by atoms with Crippen LogP contribution in [0, 0.1) is 11.7 Å². The average molecular weight is 426 g/mol. The molecule has 166 valence electrons. The van der Waals surface area contributed by atoms with Gasteiger partial charge in [0.15, 0.2) is 11.5 Å². The van der Waals surface area contributed by atoms with Gasteiger partial charge in [-0.15, -0.1) is 0 Å². The maximum atomic E-state index is 13.6. The Morgan fingerprint density at radius 3 is 2.71 bits per heavy atom. The summed E-state index contributed by atoms with van der Waals surface area (Å²) in [7, 11) is 0. The maximum absolute atomic E-state index is 13.6. The molecule has 5 heteroatoms. The molecule has 0 radical (unpaired) electrons. The maximum Gasteiger partial charge on any atom is 0.231 e. The minimum Gasteiger partial charge on any atom is -0.493 e. The van der Waals surface area contributed by atoms with Crippen molar-refractivity contribution in [2.75, 3.05) is 19.9 Å². The largest absolute Gasteiger partial charge is 0.493 e. The van der Waals surface area contributed by atoms with Crippen molar-refractivity contribution in [1.82, 2.24) is 4.90 Å². The highest BCUT2D eigenvalue weighted by Gasteiger charge is 2.47. The van der Waals surface area contributed by atoms with Crippen molar-refractivity contribution in [1.29, 1.82) is 0 Å². The van der Waals surface area contributed by atoms with Gasteiger partial charge in [-0.1, -0.05) is 31.9 Å². The van der Waals surface area contributed by atoms with Crippen LogP contribution in [-0.4, -0.2) is 36.9 Å². The van der Waals surface area contributed by atoms with Gasteiger partial charge in [0.2, 0.25) is 6.79 Å². The number of fused-ring (bicyclic) bond motifs is 3. The van der Waals surface area contributed by atoms with Crippen molar-refractivity contribution in [3.63, 3.8) is 0 Å². The third-order valence-corrected chi connectivity index (χ3v) is 7.33. The van der Waals surface area contributed by atoms with Gasteiger partial charge >= 0.3 is 0 Å². The summed E-state index contributed by atoms with van der Waals surface area (Å²) in [5, 5.41) is 0. The molecule has 3 heterocycles. The normalized spacial score (nSPS) is 26.9. The van der Waals surface area contributed by atoms with E-state index in [0.717, 1.165) is 23.7 Å². The van der Waals surface area contributed by atoms with E-state index in [1.54, 1.807) is 12.1 Å². The summed E-state index contributed by atoms with van der Waals surface area (Å²) in [6.07, 6.45) is 7.41. The van der Waals surface area contributed by atoms with Gasteiger partial charge in [-0.3, -0.25) is 4.90 Å². The molecule has 0 aliphatic carbocycles. The number of hydrogen-bond donors (Lipinski definition) is 0. The van der Waals surface area contributed by atoms with Gasteiger partial charge in [0.1, 0.15) is 11.6 Å². The molecule has 0 aromatic heterocycles. The summed E-state index contributed by atoms with van der Waals surface area (Å²) in [6, 6.07) is 14.1. The lowest BCUT2D eigenvalue weighted by Crippen LogP contribution is -2.50. The topological polar surface area (TPSA) is 30.9 Å². The Morgan fingerprint density at radius 2 is 1.87 bits per heavy atom. The molecule has 31 heavy (non-hydrogen) atoms. The Labute approximate surface area is 184 Å². The Balaban J connectivity index is 1.36. The first-order valence-electron chi connectivity index (χ1n) is 11.8. The second kappa shape index (κ2) is 9.07. The Bertz CT molecular complexity index is 887. The zero-order valence-electron chi connectivity index (χ0n) is 18.3. The lowest BCUT2D eigenvalue weighted by molar-refractivity contribution is 0.0456. The van der Waals surface area contributed by atoms with E-state index in [-0.39, 0.29) is 12.6 Å². The highest BCUT2D eigenvalue weighted by Crippen LogP contribution is 2.47. The highest BCUT2D eigenvalue weighted by molar-refractivity contribution is 5.46. The smallest absolute Gasteiger partial charge is 0.231 e. The van der Waals surface area contributed by atoms with Crippen LogP contribution in [0.25, 0.3) is 0 Å². The molecule has 2 fully saturated rings. The van der Waals surface area contributed by atoms with Crippen molar-refractivity contribution >= 4 is 0 Å². The Morgan fingerprint density at radius 1 is 1.03 bits per heavy atom. The lowest BCUT2D eigenvalue weighted by Gasteiger charge is -2.45. The van der Waals surface area contributed by atoms with E-state index >= 15 is 0 Å². The molecule has 5 rings (SSSR count). The van der Waals surface area contributed by atoms with Gasteiger partial charge in [-0.05, 0) is 68.0 Å². The molecule has 2 saturated heterocycles. The molecular weight excluding hydrogens is 393 g/mol. The van der Waals surface area contributed by atoms with Crippen LogP contribution in [0.5, 0.6) is 17.2 Å². The van der Waals surface area contributed by atoms with Crippen LogP contribution in [0.4, 0.5) is 4.39 Å². The zero-order valence-corrected chi connectivity index (χ0v) is 18.3. The quantitative estimate of drug-likeness (QED) is 0.503. The fraction of sp³-hybridized carbons (Fsp3) is 0.538. The Kier molecular flexibility index (Phi) is 6.04. The molecule has 3 aliphatic heterocycles. The number of ether oxygens (including phenoxy) is 3. The summed E-state index contributed by atoms with van der Waals surface area (Å²) in [5.74, 6) is 2.95. The first-order chi connectivity index (χ1) is 15.2. The van der Waals surface area contributed by atoms with Crippen LogP contribution < -0.4 is 14.2 Å². The minimum absolute atomic E-state index is 0.170. The van der Waals surface area contributed by atoms with E-state index in [9.17, 15) is 4.39 Å². The van der Waals surface area contributed by atoms with Crippen LogP contribution in [-0.2, 0) is 0 Å². The summed E-state index contributed by atoms with van der Waals surface area (Å²) in [4.78, 5) is 2.75. The van der Waals surface area contributed by atoms with Crippen LogP contribution >= 0.6 is 0 Å². The summed E-state index contributed by atoms with van der Waals surface area (Å²) in [6.45, 7) is 4.37. The van der Waals surface area contributed by atoms with E-state index in [0.29, 0.717) is 30.5 Å². The number of rotatable bonds is 8. The molecule has 0 spiro atoms. The fourth-order valence-corrected chi connectivity index (χ4v) is 5.79. The second-order valence-electron chi connectivity index (χ2n) is 9.13. The first kappa shape index (κ1) is 20.6. The van der Waals surface area contributed by atoms with Gasteiger partial charge in [0.05, 0.1) is 6.61 Å². The van der Waals surface area contributed by atoms with Crippen molar-refractivity contribution in [3.05, 3.63) is 53.8 Å². The van der Waals surface area contributed by atoms with Crippen molar-refractivity contribution in [2.45, 2.75) is 63.5 Å². The average Bonchev–Trinajstić information content (AvgIpc) is 3.36. The van der Waals surface area contributed by atoms with Crippen LogP contribution in [0.15, 0.2) is 42.5 Å². The second-order valence-corrected chi connectivity index (χ2v) is 9.13. The van der Waals surface area contributed by atoms with Gasteiger partial charge in [-0.25, -0.2) is 4.39 Å². The molecule has 0 amide bonds. The van der Waals surface area contributed by atoms with Crippen molar-refractivity contribution < 1.29 is 18.6 Å².